The Bertz CT molecular complexity index is 599. The fourth-order valence-corrected chi connectivity index (χ4v) is 3.15. The van der Waals surface area contributed by atoms with Gasteiger partial charge in [-0.25, -0.2) is 0 Å². The molecule has 0 aromatic rings. The molecule has 1 heteroatoms. The van der Waals surface area contributed by atoms with Crippen molar-refractivity contribution in [1.82, 2.24) is 0 Å². The second kappa shape index (κ2) is 19.1. The van der Waals surface area contributed by atoms with Crippen LogP contribution in [-0.4, -0.2) is 13.2 Å². The van der Waals surface area contributed by atoms with Gasteiger partial charge in [-0.15, -0.1) is 0 Å². The summed E-state index contributed by atoms with van der Waals surface area (Å²) in [6, 6.07) is 0. The molecule has 1 nitrogen and oxygen atoms in total. The molecule has 0 unspecified atom stereocenters. The van der Waals surface area contributed by atoms with Crippen LogP contribution in [0.25, 0.3) is 0 Å². The maximum absolute atomic E-state index is 5.78. The first-order valence-corrected chi connectivity index (χ1v) is 12.2. The SMILES string of the molecule is CC(C)=CCCC(C)=CCC/C(C)=C/COC/C=C(\C)CCC=C(C)CCC=C(C)C. The molecule has 176 valence electrons. The molecule has 0 aromatic carbocycles. The Labute approximate surface area is 194 Å². The van der Waals surface area contributed by atoms with Gasteiger partial charge in [-0.1, -0.05) is 69.9 Å². The summed E-state index contributed by atoms with van der Waals surface area (Å²) in [6.45, 7) is 19.0. The van der Waals surface area contributed by atoms with E-state index in [1.807, 2.05) is 0 Å². The molecule has 0 fully saturated rings. The molecular weight excluding hydrogens is 376 g/mol. The Morgan fingerprint density at radius 3 is 1.03 bits per heavy atom. The highest BCUT2D eigenvalue weighted by Gasteiger charge is 1.94. The van der Waals surface area contributed by atoms with E-state index in [0.717, 1.165) is 38.5 Å². The van der Waals surface area contributed by atoms with Crippen LogP contribution in [0.5, 0.6) is 0 Å². The van der Waals surface area contributed by atoms with E-state index < -0.39 is 0 Å². The van der Waals surface area contributed by atoms with E-state index in [1.54, 1.807) is 0 Å². The summed E-state index contributed by atoms with van der Waals surface area (Å²) in [6.07, 6.45) is 23.0. The molecule has 0 saturated heterocycles. The van der Waals surface area contributed by atoms with Gasteiger partial charge in [0.1, 0.15) is 0 Å². The van der Waals surface area contributed by atoms with Crippen LogP contribution in [0.3, 0.4) is 0 Å². The summed E-state index contributed by atoms with van der Waals surface area (Å²) < 4.78 is 5.78. The van der Waals surface area contributed by atoms with E-state index in [0.29, 0.717) is 13.2 Å². The van der Waals surface area contributed by atoms with Gasteiger partial charge in [0.25, 0.3) is 0 Å². The molecule has 0 saturated carbocycles. The minimum Gasteiger partial charge on any atom is -0.373 e. The zero-order valence-electron chi connectivity index (χ0n) is 21.9. The van der Waals surface area contributed by atoms with Crippen molar-refractivity contribution < 1.29 is 4.74 Å². The normalized spacial score (nSPS) is 13.4. The molecule has 0 atom stereocenters. The fourth-order valence-electron chi connectivity index (χ4n) is 3.15. The topological polar surface area (TPSA) is 9.23 Å². The number of ether oxygens (including phenoxy) is 1. The molecule has 0 aliphatic rings. The van der Waals surface area contributed by atoms with Crippen LogP contribution < -0.4 is 0 Å². The van der Waals surface area contributed by atoms with E-state index in [4.69, 9.17) is 4.74 Å². The summed E-state index contributed by atoms with van der Waals surface area (Å²) in [7, 11) is 0. The molecule has 0 amide bonds. The average molecular weight is 427 g/mol. The van der Waals surface area contributed by atoms with Crippen LogP contribution in [0.1, 0.15) is 107 Å². The summed E-state index contributed by atoms with van der Waals surface area (Å²) in [4.78, 5) is 0. The van der Waals surface area contributed by atoms with Crippen LogP contribution >= 0.6 is 0 Å². The van der Waals surface area contributed by atoms with Gasteiger partial charge in [-0.05, 0) is 107 Å². The van der Waals surface area contributed by atoms with Crippen LogP contribution in [0, 0.1) is 0 Å². The fraction of sp³-hybridized carbons (Fsp3) is 0.600. The molecule has 0 N–H and O–H groups in total. The van der Waals surface area contributed by atoms with Crippen LogP contribution in [0.4, 0.5) is 0 Å². The van der Waals surface area contributed by atoms with Crippen molar-refractivity contribution in [2.45, 2.75) is 107 Å². The Kier molecular flexibility index (Phi) is 18.1. The second-order valence-corrected chi connectivity index (χ2v) is 9.46. The number of allylic oxidation sites excluding steroid dienone is 10. The van der Waals surface area contributed by atoms with Crippen molar-refractivity contribution in [3.8, 4) is 0 Å². The second-order valence-electron chi connectivity index (χ2n) is 9.46. The molecular formula is C30H50O. The molecule has 0 aliphatic carbocycles. The highest BCUT2D eigenvalue weighted by atomic mass is 16.5. The average Bonchev–Trinajstić information content (AvgIpc) is 2.67. The number of rotatable bonds is 16. The first kappa shape index (κ1) is 29.4. The van der Waals surface area contributed by atoms with Gasteiger partial charge in [0.2, 0.25) is 0 Å². The van der Waals surface area contributed by atoms with Gasteiger partial charge in [0.15, 0.2) is 0 Å². The van der Waals surface area contributed by atoms with Gasteiger partial charge in [-0.3, -0.25) is 0 Å². The van der Waals surface area contributed by atoms with Gasteiger partial charge in [-0.2, -0.15) is 0 Å². The van der Waals surface area contributed by atoms with Gasteiger partial charge < -0.3 is 4.74 Å². The van der Waals surface area contributed by atoms with Gasteiger partial charge in [0.05, 0.1) is 13.2 Å². The lowest BCUT2D eigenvalue weighted by atomic mass is 10.1. The Balaban J connectivity index is 3.98. The van der Waals surface area contributed by atoms with Crippen molar-refractivity contribution in [2.75, 3.05) is 13.2 Å². The molecule has 0 heterocycles. The Hall–Kier alpha value is -1.60. The van der Waals surface area contributed by atoms with Crippen molar-refractivity contribution in [3.05, 3.63) is 69.9 Å². The molecule has 0 aliphatic heterocycles. The number of hydrogen-bond acceptors (Lipinski definition) is 1. The predicted octanol–water partition coefficient (Wildman–Crippen LogP) is 9.84. The van der Waals surface area contributed by atoms with Crippen LogP contribution in [0.15, 0.2) is 69.9 Å². The van der Waals surface area contributed by atoms with Crippen LogP contribution in [0.2, 0.25) is 0 Å². The summed E-state index contributed by atoms with van der Waals surface area (Å²) in [5.74, 6) is 0. The highest BCUT2D eigenvalue weighted by Crippen LogP contribution is 2.12. The van der Waals surface area contributed by atoms with E-state index in [9.17, 15) is 0 Å². The van der Waals surface area contributed by atoms with Gasteiger partial charge >= 0.3 is 0 Å². The van der Waals surface area contributed by atoms with Crippen LogP contribution in [-0.2, 0) is 4.74 Å². The molecule has 0 rings (SSSR count). The lowest BCUT2D eigenvalue weighted by Crippen LogP contribution is -1.93. The third kappa shape index (κ3) is 21.4. The lowest BCUT2D eigenvalue weighted by molar-refractivity contribution is 0.192. The summed E-state index contributed by atoms with van der Waals surface area (Å²) in [5, 5.41) is 0. The van der Waals surface area contributed by atoms with E-state index in [2.05, 4.69) is 91.8 Å². The largest absolute Gasteiger partial charge is 0.373 e. The van der Waals surface area contributed by atoms with Crippen molar-refractivity contribution in [1.29, 1.82) is 0 Å². The molecule has 0 aromatic heterocycles. The smallest absolute Gasteiger partial charge is 0.0654 e. The molecule has 31 heavy (non-hydrogen) atoms. The van der Waals surface area contributed by atoms with E-state index in [1.165, 1.54) is 46.3 Å². The Morgan fingerprint density at radius 1 is 0.419 bits per heavy atom. The zero-order valence-corrected chi connectivity index (χ0v) is 21.9. The first-order chi connectivity index (χ1) is 14.7. The van der Waals surface area contributed by atoms with E-state index in [-0.39, 0.29) is 0 Å². The van der Waals surface area contributed by atoms with Crippen molar-refractivity contribution >= 4 is 0 Å². The third-order valence-electron chi connectivity index (χ3n) is 5.34. The number of hydrogen-bond donors (Lipinski definition) is 0. The quantitative estimate of drug-likeness (QED) is 0.176. The third-order valence-corrected chi connectivity index (χ3v) is 5.34. The van der Waals surface area contributed by atoms with Crippen molar-refractivity contribution in [2.24, 2.45) is 0 Å². The maximum Gasteiger partial charge on any atom is 0.0654 e. The molecule has 0 spiro atoms. The minimum absolute atomic E-state index is 0.711. The summed E-state index contributed by atoms with van der Waals surface area (Å²) in [5.41, 5.74) is 8.66. The predicted molar refractivity (Wildman–Crippen MR) is 142 cm³/mol. The maximum atomic E-state index is 5.78. The Morgan fingerprint density at radius 2 is 0.710 bits per heavy atom. The zero-order chi connectivity index (χ0) is 23.5. The first-order valence-electron chi connectivity index (χ1n) is 12.2. The molecule has 0 radical (unpaired) electrons. The molecule has 0 bridgehead atoms. The standard InChI is InChI=1S/C30H50O/c1-25(2)13-9-15-27(5)17-11-19-29(7)21-23-31-24-22-30(8)20-12-18-28(6)16-10-14-26(3)4/h13-14,17-18,21-22H,9-12,15-16,19-20,23-24H2,1-8H3/b27-17?,28-18?,29-21+,30-22+. The summed E-state index contributed by atoms with van der Waals surface area (Å²) >= 11 is 0. The van der Waals surface area contributed by atoms with Gasteiger partial charge in [0, 0.05) is 0 Å². The monoisotopic (exact) mass is 426 g/mol. The highest BCUT2D eigenvalue weighted by molar-refractivity contribution is 5.07. The minimum atomic E-state index is 0.711. The van der Waals surface area contributed by atoms with E-state index >= 15 is 0 Å². The van der Waals surface area contributed by atoms with Crippen molar-refractivity contribution in [3.63, 3.8) is 0 Å². The lowest BCUT2D eigenvalue weighted by Gasteiger charge is -2.03.